The number of aliphatic hydroxyl groups excluding tert-OH is 1. The van der Waals surface area contributed by atoms with Crippen LogP contribution in [0.5, 0.6) is 5.75 Å². The minimum Gasteiger partial charge on any atom is -0.497 e. The second-order valence-electron chi connectivity index (χ2n) is 8.94. The second-order valence-corrected chi connectivity index (χ2v) is 8.94. The third-order valence-electron chi connectivity index (χ3n) is 5.60. The van der Waals surface area contributed by atoms with E-state index in [-0.39, 0.29) is 12.5 Å². The number of rotatable bonds is 9. The molecule has 0 aliphatic carbocycles. The SMILES string of the molecule is COc1cc(C)cc(-c2nn(CC#N)cc2-c2cc(NC[C@H](C)O)nc(-c3ccc(NC(C)=O)cc3)n2)c1. The number of methoxy groups -OCH3 is 1. The van der Waals surface area contributed by atoms with Crippen LogP contribution in [0.1, 0.15) is 19.4 Å². The molecule has 2 aromatic heterocycles. The van der Waals surface area contributed by atoms with Crippen LogP contribution in [0.2, 0.25) is 0 Å². The molecule has 0 radical (unpaired) electrons. The molecular weight excluding hydrogens is 482 g/mol. The highest BCUT2D eigenvalue weighted by Gasteiger charge is 2.18. The molecule has 0 spiro atoms. The van der Waals surface area contributed by atoms with Crippen molar-refractivity contribution in [2.75, 3.05) is 24.3 Å². The summed E-state index contributed by atoms with van der Waals surface area (Å²) >= 11 is 0. The number of nitrogens with zero attached hydrogens (tertiary/aromatic N) is 5. The Balaban J connectivity index is 1.86. The minimum absolute atomic E-state index is 0.0750. The van der Waals surface area contributed by atoms with E-state index in [2.05, 4.69) is 26.8 Å². The first-order chi connectivity index (χ1) is 18.2. The Hall–Kier alpha value is -4.75. The highest BCUT2D eigenvalue weighted by Crippen LogP contribution is 2.34. The third-order valence-corrected chi connectivity index (χ3v) is 5.60. The van der Waals surface area contributed by atoms with Crippen LogP contribution >= 0.6 is 0 Å². The number of carbonyl (C=O) groups is 1. The first-order valence-corrected chi connectivity index (χ1v) is 12.1. The van der Waals surface area contributed by atoms with Gasteiger partial charge in [0.25, 0.3) is 0 Å². The molecule has 2 heterocycles. The summed E-state index contributed by atoms with van der Waals surface area (Å²) in [5, 5.41) is 29.7. The quantitative estimate of drug-likeness (QED) is 0.303. The zero-order valence-electron chi connectivity index (χ0n) is 21.7. The van der Waals surface area contributed by atoms with Crippen LogP contribution in [-0.2, 0) is 11.3 Å². The van der Waals surface area contributed by atoms with Crippen LogP contribution in [0.25, 0.3) is 33.9 Å². The van der Waals surface area contributed by atoms with E-state index in [9.17, 15) is 15.2 Å². The molecule has 1 atom stereocenters. The Bertz CT molecular complexity index is 1490. The van der Waals surface area contributed by atoms with Crippen LogP contribution in [0, 0.1) is 18.3 Å². The number of carbonyl (C=O) groups excluding carboxylic acids is 1. The molecule has 0 fully saturated rings. The molecule has 0 aliphatic heterocycles. The van der Waals surface area contributed by atoms with Crippen LogP contribution in [-0.4, -0.2) is 50.5 Å². The lowest BCUT2D eigenvalue weighted by atomic mass is 10.0. The largest absolute Gasteiger partial charge is 0.497 e. The number of anilines is 2. The maximum Gasteiger partial charge on any atom is 0.221 e. The molecule has 10 heteroatoms. The lowest BCUT2D eigenvalue weighted by Gasteiger charge is -2.12. The number of aliphatic hydroxyl groups is 1. The number of nitriles is 1. The first kappa shape index (κ1) is 26.3. The highest BCUT2D eigenvalue weighted by atomic mass is 16.5. The molecular formula is C28H29N7O3. The van der Waals surface area contributed by atoms with Gasteiger partial charge in [-0.3, -0.25) is 9.48 Å². The number of aromatic nitrogens is 4. The lowest BCUT2D eigenvalue weighted by Crippen LogP contribution is -2.16. The van der Waals surface area contributed by atoms with Gasteiger partial charge in [0.1, 0.15) is 23.8 Å². The predicted octanol–water partition coefficient (Wildman–Crippen LogP) is 4.27. The van der Waals surface area contributed by atoms with Gasteiger partial charge < -0.3 is 20.5 Å². The van der Waals surface area contributed by atoms with Gasteiger partial charge in [-0.2, -0.15) is 10.4 Å². The van der Waals surface area contributed by atoms with Crippen molar-refractivity contribution in [2.24, 2.45) is 0 Å². The summed E-state index contributed by atoms with van der Waals surface area (Å²) in [6, 6.07) is 17.0. The van der Waals surface area contributed by atoms with Gasteiger partial charge in [0.15, 0.2) is 5.82 Å². The van der Waals surface area contributed by atoms with E-state index in [0.717, 1.165) is 16.7 Å². The molecule has 2 aromatic carbocycles. The van der Waals surface area contributed by atoms with E-state index >= 15 is 0 Å². The number of amides is 1. The Morgan fingerprint density at radius 3 is 2.58 bits per heavy atom. The Morgan fingerprint density at radius 1 is 1.16 bits per heavy atom. The monoisotopic (exact) mass is 511 g/mol. The van der Waals surface area contributed by atoms with E-state index in [1.165, 1.54) is 6.92 Å². The number of benzene rings is 2. The second kappa shape index (κ2) is 11.5. The van der Waals surface area contributed by atoms with Gasteiger partial charge in [-0.15, -0.1) is 0 Å². The van der Waals surface area contributed by atoms with Crippen molar-refractivity contribution in [1.29, 1.82) is 5.26 Å². The van der Waals surface area contributed by atoms with Crippen LogP contribution in [0.15, 0.2) is 54.7 Å². The fourth-order valence-corrected chi connectivity index (χ4v) is 3.94. The van der Waals surface area contributed by atoms with Crippen LogP contribution in [0.4, 0.5) is 11.5 Å². The molecule has 0 saturated carbocycles. The molecule has 194 valence electrons. The fraction of sp³-hybridized carbons (Fsp3) is 0.250. The normalized spacial score (nSPS) is 11.5. The average Bonchev–Trinajstić information content (AvgIpc) is 3.31. The number of nitrogens with one attached hydrogen (secondary N) is 2. The van der Waals surface area contributed by atoms with E-state index in [1.807, 2.05) is 37.3 Å². The van der Waals surface area contributed by atoms with E-state index in [1.54, 1.807) is 43.1 Å². The summed E-state index contributed by atoms with van der Waals surface area (Å²) in [7, 11) is 1.61. The molecule has 0 bridgehead atoms. The standard InChI is InChI=1S/C28H29N7O3/c1-17-11-21(13-23(12-17)38-4)27-24(16-35(34-27)10-9-29)25-14-26(30-15-18(2)36)33-28(32-25)20-5-7-22(8-6-20)31-19(3)37/h5-8,11-14,16,18,36H,10,15H2,1-4H3,(H,31,37)(H,30,32,33)/t18-/m0/s1. The van der Waals surface area contributed by atoms with Crippen molar-refractivity contribution in [3.05, 3.63) is 60.3 Å². The molecule has 0 unspecified atom stereocenters. The van der Waals surface area contributed by atoms with Gasteiger partial charge in [-0.05, 0) is 61.9 Å². The molecule has 0 saturated heterocycles. The lowest BCUT2D eigenvalue weighted by molar-refractivity contribution is -0.114. The number of aryl methyl sites for hydroxylation is 1. The minimum atomic E-state index is -0.581. The van der Waals surface area contributed by atoms with Gasteiger partial charge in [-0.25, -0.2) is 9.97 Å². The highest BCUT2D eigenvalue weighted by molar-refractivity contribution is 5.89. The summed E-state index contributed by atoms with van der Waals surface area (Å²) in [6.45, 7) is 5.49. The van der Waals surface area contributed by atoms with Crippen LogP contribution in [0.3, 0.4) is 0 Å². The number of hydrogen-bond acceptors (Lipinski definition) is 8. The van der Waals surface area contributed by atoms with Gasteiger partial charge >= 0.3 is 0 Å². The van der Waals surface area contributed by atoms with E-state index in [0.29, 0.717) is 46.6 Å². The van der Waals surface area contributed by atoms with Gasteiger partial charge in [0, 0.05) is 48.1 Å². The summed E-state index contributed by atoms with van der Waals surface area (Å²) in [5.74, 6) is 1.52. The van der Waals surface area contributed by atoms with E-state index < -0.39 is 6.10 Å². The average molecular weight is 512 g/mol. The number of hydrogen-bond donors (Lipinski definition) is 3. The van der Waals surface area contributed by atoms with Crippen molar-refractivity contribution >= 4 is 17.4 Å². The summed E-state index contributed by atoms with van der Waals surface area (Å²) in [6.07, 6.45) is 1.21. The maximum absolute atomic E-state index is 11.4. The molecule has 0 aliphatic rings. The molecule has 4 aromatic rings. The van der Waals surface area contributed by atoms with Crippen molar-refractivity contribution in [3.63, 3.8) is 0 Å². The zero-order chi connectivity index (χ0) is 27.2. The molecule has 38 heavy (non-hydrogen) atoms. The van der Waals surface area contributed by atoms with Crippen molar-refractivity contribution in [3.8, 4) is 45.7 Å². The van der Waals surface area contributed by atoms with Crippen molar-refractivity contribution < 1.29 is 14.6 Å². The van der Waals surface area contributed by atoms with E-state index in [4.69, 9.17) is 9.72 Å². The van der Waals surface area contributed by atoms with Crippen molar-refractivity contribution in [1.82, 2.24) is 19.7 Å². The van der Waals surface area contributed by atoms with Gasteiger partial charge in [0.05, 0.1) is 25.0 Å². The Morgan fingerprint density at radius 2 is 1.92 bits per heavy atom. The van der Waals surface area contributed by atoms with Crippen LogP contribution < -0.4 is 15.4 Å². The van der Waals surface area contributed by atoms with Crippen molar-refractivity contribution in [2.45, 2.75) is 33.4 Å². The Kier molecular flexibility index (Phi) is 7.99. The maximum atomic E-state index is 11.4. The molecule has 1 amide bonds. The first-order valence-electron chi connectivity index (χ1n) is 12.1. The summed E-state index contributed by atoms with van der Waals surface area (Å²) < 4.78 is 7.04. The molecule has 4 rings (SSSR count). The number of ether oxygens (including phenoxy) is 1. The van der Waals surface area contributed by atoms with Gasteiger partial charge in [0.2, 0.25) is 5.91 Å². The van der Waals surface area contributed by atoms with Gasteiger partial charge in [-0.1, -0.05) is 0 Å². The predicted molar refractivity (Wildman–Crippen MR) is 146 cm³/mol. The fourth-order valence-electron chi connectivity index (χ4n) is 3.94. The smallest absolute Gasteiger partial charge is 0.221 e. The topological polar surface area (TPSA) is 138 Å². The molecule has 10 nitrogen and oxygen atoms in total. The summed E-state index contributed by atoms with van der Waals surface area (Å²) in [5.41, 5.74) is 5.19. The zero-order valence-corrected chi connectivity index (χ0v) is 21.7. The third kappa shape index (κ3) is 6.32. The Labute approximate surface area is 220 Å². The summed E-state index contributed by atoms with van der Waals surface area (Å²) in [4.78, 5) is 20.9. The molecule has 3 N–H and O–H groups in total.